The first-order chi connectivity index (χ1) is 15.0. The van der Waals surface area contributed by atoms with Crippen LogP contribution in [0.25, 0.3) is 22.0 Å². The van der Waals surface area contributed by atoms with E-state index in [2.05, 4.69) is 34.2 Å². The zero-order valence-corrected chi connectivity index (χ0v) is 19.9. The summed E-state index contributed by atoms with van der Waals surface area (Å²) in [5.41, 5.74) is 7.99. The van der Waals surface area contributed by atoms with E-state index in [9.17, 15) is 4.79 Å². The summed E-state index contributed by atoms with van der Waals surface area (Å²) in [6, 6.07) is 15.4. The van der Waals surface area contributed by atoms with Gasteiger partial charge in [0.1, 0.15) is 5.69 Å². The maximum absolute atomic E-state index is 12.7. The molecule has 2 atom stereocenters. The number of carbonyl (C=O) groups excluding carboxylic acids is 1. The highest BCUT2D eigenvalue weighted by atomic mass is 35.5. The van der Waals surface area contributed by atoms with Gasteiger partial charge in [-0.05, 0) is 18.1 Å². The van der Waals surface area contributed by atoms with E-state index in [1.165, 1.54) is 0 Å². The number of carbonyl (C=O) groups is 1. The van der Waals surface area contributed by atoms with Gasteiger partial charge in [0.25, 0.3) is 0 Å². The third-order valence-electron chi connectivity index (χ3n) is 6.22. The minimum atomic E-state index is -0.434. The SMILES string of the molecule is CC[C@H](C)[C@H](N)C(=O)N1CCN(c2nnc(-c3ccc(Cl)cc3)c3ccccc23)CC1.Cl. The highest BCUT2D eigenvalue weighted by Gasteiger charge is 2.29. The Kier molecular flexibility index (Phi) is 7.93. The normalized spacial score (nSPS) is 15.9. The van der Waals surface area contributed by atoms with Crippen molar-refractivity contribution in [1.29, 1.82) is 0 Å². The van der Waals surface area contributed by atoms with Crippen molar-refractivity contribution < 1.29 is 4.79 Å². The van der Waals surface area contributed by atoms with Crippen LogP contribution in [0, 0.1) is 5.92 Å². The fraction of sp³-hybridized carbons (Fsp3) is 0.375. The molecule has 2 N–H and O–H groups in total. The molecular formula is C24H29Cl2N5O. The van der Waals surface area contributed by atoms with Gasteiger partial charge in [-0.25, -0.2) is 0 Å². The van der Waals surface area contributed by atoms with E-state index in [-0.39, 0.29) is 24.2 Å². The Hall–Kier alpha value is -2.41. The number of piperazine rings is 1. The van der Waals surface area contributed by atoms with Crippen LogP contribution in [0.3, 0.4) is 0 Å². The van der Waals surface area contributed by atoms with Gasteiger partial charge < -0.3 is 15.5 Å². The molecular weight excluding hydrogens is 445 g/mol. The standard InChI is InChI=1S/C24H28ClN5O.ClH/c1-3-16(2)21(26)24(31)30-14-12-29(13-15-30)23-20-7-5-4-6-19(20)22(27-28-23)17-8-10-18(25)11-9-17;/h4-11,16,21H,3,12-15,26H2,1-2H3;1H/t16-,21-;/m0./s1. The third-order valence-corrected chi connectivity index (χ3v) is 6.47. The second-order valence-corrected chi connectivity index (χ2v) is 8.58. The lowest BCUT2D eigenvalue weighted by atomic mass is 9.98. The molecule has 0 saturated carbocycles. The number of halogens is 2. The van der Waals surface area contributed by atoms with E-state index in [1.807, 2.05) is 48.2 Å². The van der Waals surface area contributed by atoms with Crippen molar-refractivity contribution in [3.8, 4) is 11.3 Å². The fourth-order valence-corrected chi connectivity index (χ4v) is 4.12. The fourth-order valence-electron chi connectivity index (χ4n) is 3.99. The molecule has 0 radical (unpaired) electrons. The highest BCUT2D eigenvalue weighted by Crippen LogP contribution is 2.32. The van der Waals surface area contributed by atoms with Crippen LogP contribution in [0.2, 0.25) is 5.02 Å². The molecule has 8 heteroatoms. The molecule has 1 aliphatic rings. The lowest BCUT2D eigenvalue weighted by Crippen LogP contribution is -2.54. The number of rotatable bonds is 5. The average Bonchev–Trinajstić information content (AvgIpc) is 2.82. The Morgan fingerprint density at radius 3 is 2.28 bits per heavy atom. The van der Waals surface area contributed by atoms with E-state index in [1.54, 1.807) is 0 Å². The minimum absolute atomic E-state index is 0. The van der Waals surface area contributed by atoms with Gasteiger partial charge in [0.05, 0.1) is 6.04 Å². The molecule has 2 heterocycles. The molecule has 0 spiro atoms. The molecule has 0 unspecified atom stereocenters. The minimum Gasteiger partial charge on any atom is -0.351 e. The van der Waals surface area contributed by atoms with Gasteiger partial charge >= 0.3 is 0 Å². The largest absolute Gasteiger partial charge is 0.351 e. The van der Waals surface area contributed by atoms with E-state index < -0.39 is 6.04 Å². The van der Waals surface area contributed by atoms with Gasteiger partial charge in [-0.2, -0.15) is 0 Å². The van der Waals surface area contributed by atoms with Crippen LogP contribution in [0.5, 0.6) is 0 Å². The molecule has 0 bridgehead atoms. The first kappa shape index (κ1) is 24.2. The predicted octanol–water partition coefficient (Wildman–Crippen LogP) is 4.39. The molecule has 2 aromatic carbocycles. The van der Waals surface area contributed by atoms with Crippen molar-refractivity contribution in [1.82, 2.24) is 15.1 Å². The number of anilines is 1. The lowest BCUT2D eigenvalue weighted by Gasteiger charge is -2.37. The van der Waals surface area contributed by atoms with Crippen LogP contribution in [0.15, 0.2) is 48.5 Å². The number of hydrogen-bond donors (Lipinski definition) is 1. The van der Waals surface area contributed by atoms with Crippen molar-refractivity contribution in [3.05, 3.63) is 53.6 Å². The third kappa shape index (κ3) is 4.82. The van der Waals surface area contributed by atoms with Crippen molar-refractivity contribution in [2.75, 3.05) is 31.1 Å². The van der Waals surface area contributed by atoms with Crippen LogP contribution in [-0.4, -0.2) is 53.2 Å². The van der Waals surface area contributed by atoms with Crippen LogP contribution in [0.1, 0.15) is 20.3 Å². The second kappa shape index (κ2) is 10.5. The Morgan fingerprint density at radius 2 is 1.66 bits per heavy atom. The van der Waals surface area contributed by atoms with Gasteiger partial charge in [0.2, 0.25) is 5.91 Å². The summed E-state index contributed by atoms with van der Waals surface area (Å²) in [6.45, 7) is 6.78. The molecule has 1 aromatic heterocycles. The molecule has 1 saturated heterocycles. The summed E-state index contributed by atoms with van der Waals surface area (Å²) in [6.07, 6.45) is 0.897. The van der Waals surface area contributed by atoms with Gasteiger partial charge in [0, 0.05) is 47.5 Å². The maximum atomic E-state index is 12.7. The van der Waals surface area contributed by atoms with E-state index in [0.29, 0.717) is 31.2 Å². The molecule has 4 rings (SSSR count). The summed E-state index contributed by atoms with van der Waals surface area (Å²) in [5, 5.41) is 11.9. The smallest absolute Gasteiger partial charge is 0.239 e. The molecule has 3 aromatic rings. The Morgan fingerprint density at radius 1 is 1.03 bits per heavy atom. The zero-order valence-electron chi connectivity index (χ0n) is 18.4. The predicted molar refractivity (Wildman–Crippen MR) is 133 cm³/mol. The molecule has 6 nitrogen and oxygen atoms in total. The van der Waals surface area contributed by atoms with Crippen LogP contribution in [-0.2, 0) is 4.79 Å². The van der Waals surface area contributed by atoms with Crippen molar-refractivity contribution in [2.24, 2.45) is 11.7 Å². The first-order valence-corrected chi connectivity index (χ1v) is 11.2. The molecule has 1 amide bonds. The number of fused-ring (bicyclic) bond motifs is 1. The molecule has 0 aliphatic carbocycles. The zero-order chi connectivity index (χ0) is 22.0. The Labute approximate surface area is 200 Å². The monoisotopic (exact) mass is 473 g/mol. The number of amides is 1. The number of nitrogens with zero attached hydrogens (tertiary/aromatic N) is 4. The number of benzene rings is 2. The number of nitrogens with two attached hydrogens (primary N) is 1. The summed E-state index contributed by atoms with van der Waals surface area (Å²) in [4.78, 5) is 16.8. The Bertz CT molecular complexity index is 1070. The van der Waals surface area contributed by atoms with Crippen LogP contribution >= 0.6 is 24.0 Å². The topological polar surface area (TPSA) is 75.4 Å². The highest BCUT2D eigenvalue weighted by molar-refractivity contribution is 6.30. The number of aromatic nitrogens is 2. The molecule has 1 fully saturated rings. The van der Waals surface area contributed by atoms with Crippen molar-refractivity contribution in [2.45, 2.75) is 26.3 Å². The average molecular weight is 474 g/mol. The van der Waals surface area contributed by atoms with Crippen molar-refractivity contribution >= 4 is 46.5 Å². The van der Waals surface area contributed by atoms with E-state index in [4.69, 9.17) is 17.3 Å². The molecule has 1 aliphatic heterocycles. The Balaban J connectivity index is 0.00000289. The lowest BCUT2D eigenvalue weighted by molar-refractivity contribution is -0.134. The second-order valence-electron chi connectivity index (χ2n) is 8.15. The van der Waals surface area contributed by atoms with Crippen molar-refractivity contribution in [3.63, 3.8) is 0 Å². The quantitative estimate of drug-likeness (QED) is 0.594. The summed E-state index contributed by atoms with van der Waals surface area (Å²) in [5.74, 6) is 1.08. The van der Waals surface area contributed by atoms with Gasteiger partial charge in [0.15, 0.2) is 5.82 Å². The maximum Gasteiger partial charge on any atom is 0.239 e. The van der Waals surface area contributed by atoms with Crippen LogP contribution in [0.4, 0.5) is 5.82 Å². The molecule has 170 valence electrons. The van der Waals surface area contributed by atoms with Gasteiger partial charge in [-0.1, -0.05) is 68.3 Å². The summed E-state index contributed by atoms with van der Waals surface area (Å²) < 4.78 is 0. The molecule has 32 heavy (non-hydrogen) atoms. The van der Waals surface area contributed by atoms with Gasteiger partial charge in [-0.15, -0.1) is 22.6 Å². The summed E-state index contributed by atoms with van der Waals surface area (Å²) >= 11 is 6.04. The van der Waals surface area contributed by atoms with E-state index in [0.717, 1.165) is 34.3 Å². The summed E-state index contributed by atoms with van der Waals surface area (Å²) in [7, 11) is 0. The van der Waals surface area contributed by atoms with Gasteiger partial charge in [-0.3, -0.25) is 4.79 Å². The van der Waals surface area contributed by atoms with E-state index >= 15 is 0 Å². The number of hydrogen-bond acceptors (Lipinski definition) is 5. The van der Waals surface area contributed by atoms with Crippen LogP contribution < -0.4 is 10.6 Å². The first-order valence-electron chi connectivity index (χ1n) is 10.8.